The summed E-state index contributed by atoms with van der Waals surface area (Å²) in [5, 5.41) is 2.19. The average Bonchev–Trinajstić information content (AvgIpc) is 2.64. The predicted octanol–water partition coefficient (Wildman–Crippen LogP) is 6.69. The Morgan fingerprint density at radius 2 is 1.44 bits per heavy atom. The number of benzene rings is 3. The van der Waals surface area contributed by atoms with Crippen molar-refractivity contribution in [3.63, 3.8) is 0 Å². The molecule has 0 aliphatic rings. The van der Waals surface area contributed by atoms with E-state index in [1.165, 1.54) is 22.8 Å². The minimum atomic E-state index is -0.396. The maximum absolute atomic E-state index is 14.0. The highest BCUT2D eigenvalue weighted by Crippen LogP contribution is 2.29. The topological polar surface area (TPSA) is 12.4 Å². The molecule has 0 heterocycles. The Balaban J connectivity index is 1.86. The Hall–Kier alpha value is -2.61. The fraction of sp³-hybridized carbons (Fsp3) is 0.136. The summed E-state index contributed by atoms with van der Waals surface area (Å²) in [4.78, 5) is 3.71. The second-order valence-corrected chi connectivity index (χ2v) is 6.31. The monoisotopic (exact) mass is 347 g/mol. The van der Waals surface area contributed by atoms with E-state index in [0.717, 1.165) is 11.1 Å². The zero-order valence-corrected chi connectivity index (χ0v) is 15.0. The van der Waals surface area contributed by atoms with Crippen LogP contribution in [0.5, 0.6) is 0 Å². The third kappa shape index (κ3) is 3.90. The summed E-state index contributed by atoms with van der Waals surface area (Å²) >= 11 is 4.52. The normalized spacial score (nSPS) is 11.6. The molecule has 3 heteroatoms. The van der Waals surface area contributed by atoms with Gasteiger partial charge in [-0.1, -0.05) is 67.1 Å². The first-order chi connectivity index (χ1) is 12.1. The number of aliphatic imine (C=N–C) groups is 1. The van der Waals surface area contributed by atoms with Crippen LogP contribution in [0, 0.1) is 12.7 Å². The quantitative estimate of drug-likeness (QED) is 0.378. The Kier molecular flexibility index (Phi) is 5.18. The fourth-order valence-electron chi connectivity index (χ4n) is 2.84. The summed E-state index contributed by atoms with van der Waals surface area (Å²) in [5.74, 6) is -0.0855. The molecule has 0 aromatic heterocycles. The van der Waals surface area contributed by atoms with E-state index >= 15 is 0 Å². The second kappa shape index (κ2) is 7.52. The van der Waals surface area contributed by atoms with Crippen LogP contribution in [-0.2, 0) is 0 Å². The van der Waals surface area contributed by atoms with Crippen LogP contribution in [0.1, 0.15) is 29.5 Å². The smallest absolute Gasteiger partial charge is 0.150 e. The molecule has 0 amide bonds. The second-order valence-electron chi connectivity index (χ2n) is 6.12. The van der Waals surface area contributed by atoms with E-state index in [1.807, 2.05) is 18.2 Å². The largest absolute Gasteiger partial charge is 0.205 e. The zero-order chi connectivity index (χ0) is 17.8. The highest BCUT2D eigenvalue weighted by Gasteiger charge is 2.09. The molecule has 1 atom stereocenters. The van der Waals surface area contributed by atoms with Gasteiger partial charge in [0.25, 0.3) is 0 Å². The lowest BCUT2D eigenvalue weighted by Gasteiger charge is -2.13. The molecule has 0 radical (unpaired) electrons. The molecule has 0 spiro atoms. The highest BCUT2D eigenvalue weighted by atomic mass is 32.1. The third-order valence-electron chi connectivity index (χ3n) is 4.44. The molecule has 0 N–H and O–H groups in total. The SMILES string of the molecule is Cc1ccc(C(C)c2ccc(-c3ccc(N=C=S)c(F)c3)cc2)cc1. The summed E-state index contributed by atoms with van der Waals surface area (Å²) in [6.45, 7) is 4.28. The summed E-state index contributed by atoms with van der Waals surface area (Å²) in [6.07, 6.45) is 0. The van der Waals surface area contributed by atoms with Gasteiger partial charge >= 0.3 is 0 Å². The number of thiocarbonyl (C=S) groups is 1. The van der Waals surface area contributed by atoms with Crippen LogP contribution < -0.4 is 0 Å². The van der Waals surface area contributed by atoms with Gasteiger partial charge < -0.3 is 0 Å². The Labute approximate surface area is 152 Å². The molecule has 1 nitrogen and oxygen atoms in total. The van der Waals surface area contributed by atoms with Gasteiger partial charge in [-0.15, -0.1) is 0 Å². The van der Waals surface area contributed by atoms with Crippen molar-refractivity contribution in [2.45, 2.75) is 19.8 Å². The molecule has 124 valence electrons. The highest BCUT2D eigenvalue weighted by molar-refractivity contribution is 7.78. The van der Waals surface area contributed by atoms with Gasteiger partial charge in [-0.05, 0) is 53.5 Å². The van der Waals surface area contributed by atoms with Gasteiger partial charge in [-0.25, -0.2) is 4.39 Å². The maximum Gasteiger partial charge on any atom is 0.150 e. The zero-order valence-electron chi connectivity index (χ0n) is 14.2. The van der Waals surface area contributed by atoms with E-state index in [-0.39, 0.29) is 5.69 Å². The molecular formula is C22H18FNS. The number of isothiocyanates is 1. The number of nitrogens with zero attached hydrogens (tertiary/aromatic N) is 1. The molecule has 3 rings (SSSR count). The molecule has 0 aliphatic carbocycles. The van der Waals surface area contributed by atoms with Gasteiger partial charge in [0, 0.05) is 5.92 Å². The molecule has 3 aromatic carbocycles. The van der Waals surface area contributed by atoms with E-state index in [4.69, 9.17) is 0 Å². The minimum Gasteiger partial charge on any atom is -0.205 e. The lowest BCUT2D eigenvalue weighted by atomic mass is 9.91. The first-order valence-electron chi connectivity index (χ1n) is 8.13. The van der Waals surface area contributed by atoms with Crippen LogP contribution in [-0.4, -0.2) is 5.16 Å². The lowest BCUT2D eigenvalue weighted by Crippen LogP contribution is -1.96. The van der Waals surface area contributed by atoms with Crippen molar-refractivity contribution in [3.8, 4) is 11.1 Å². The predicted molar refractivity (Wildman–Crippen MR) is 105 cm³/mol. The Morgan fingerprint density at radius 3 is 2.00 bits per heavy atom. The first-order valence-corrected chi connectivity index (χ1v) is 8.53. The van der Waals surface area contributed by atoms with Crippen LogP contribution in [0.4, 0.5) is 10.1 Å². The summed E-state index contributed by atoms with van der Waals surface area (Å²) in [7, 11) is 0. The van der Waals surface area contributed by atoms with Gasteiger partial charge in [0.2, 0.25) is 0 Å². The van der Waals surface area contributed by atoms with Crippen molar-refractivity contribution >= 4 is 23.1 Å². The van der Waals surface area contributed by atoms with Gasteiger partial charge in [0.15, 0.2) is 0 Å². The third-order valence-corrected chi connectivity index (χ3v) is 4.53. The molecular weight excluding hydrogens is 329 g/mol. The van der Waals surface area contributed by atoms with Crippen molar-refractivity contribution in [2.24, 2.45) is 4.99 Å². The molecule has 3 aromatic rings. The Bertz CT molecular complexity index is 923. The van der Waals surface area contributed by atoms with E-state index < -0.39 is 5.82 Å². The summed E-state index contributed by atoms with van der Waals surface area (Å²) in [6, 6.07) is 21.8. The van der Waals surface area contributed by atoms with E-state index in [0.29, 0.717) is 5.92 Å². The molecule has 25 heavy (non-hydrogen) atoms. The molecule has 0 aliphatic heterocycles. The van der Waals surface area contributed by atoms with Crippen molar-refractivity contribution in [3.05, 3.63) is 89.2 Å². The van der Waals surface area contributed by atoms with E-state index in [9.17, 15) is 4.39 Å². The van der Waals surface area contributed by atoms with Crippen LogP contribution in [0.2, 0.25) is 0 Å². The molecule has 0 saturated heterocycles. The van der Waals surface area contributed by atoms with Crippen molar-refractivity contribution < 1.29 is 4.39 Å². The minimum absolute atomic E-state index is 0.211. The number of aryl methyl sites for hydroxylation is 1. The maximum atomic E-state index is 14.0. The fourth-order valence-corrected chi connectivity index (χ4v) is 2.94. The molecule has 0 saturated carbocycles. The van der Waals surface area contributed by atoms with Gasteiger partial charge in [0.1, 0.15) is 11.5 Å². The van der Waals surface area contributed by atoms with Crippen molar-refractivity contribution in [1.82, 2.24) is 0 Å². The van der Waals surface area contributed by atoms with Crippen molar-refractivity contribution in [1.29, 1.82) is 0 Å². The van der Waals surface area contributed by atoms with Gasteiger partial charge in [-0.3, -0.25) is 0 Å². The average molecular weight is 347 g/mol. The van der Waals surface area contributed by atoms with Gasteiger partial charge in [-0.2, -0.15) is 4.99 Å². The lowest BCUT2D eigenvalue weighted by molar-refractivity contribution is 0.630. The Morgan fingerprint density at radius 1 is 0.880 bits per heavy atom. The van der Waals surface area contributed by atoms with Gasteiger partial charge in [0.05, 0.1) is 5.16 Å². The number of rotatable bonds is 4. The van der Waals surface area contributed by atoms with Crippen LogP contribution in [0.25, 0.3) is 11.1 Å². The molecule has 1 unspecified atom stereocenters. The van der Waals surface area contributed by atoms with Crippen LogP contribution in [0.3, 0.4) is 0 Å². The van der Waals surface area contributed by atoms with E-state index in [1.54, 1.807) is 6.07 Å². The molecule has 0 fully saturated rings. The van der Waals surface area contributed by atoms with Crippen LogP contribution >= 0.6 is 12.2 Å². The standard InChI is InChI=1S/C22H18FNS/c1-15-3-5-17(6-4-15)16(2)18-7-9-19(10-8-18)20-11-12-22(24-14-25)21(23)13-20/h3-13,16H,1-2H3. The summed E-state index contributed by atoms with van der Waals surface area (Å²) < 4.78 is 14.0. The van der Waals surface area contributed by atoms with Crippen LogP contribution in [0.15, 0.2) is 71.7 Å². The first kappa shape index (κ1) is 17.2. The van der Waals surface area contributed by atoms with Crippen molar-refractivity contribution in [2.75, 3.05) is 0 Å². The number of hydrogen-bond acceptors (Lipinski definition) is 2. The number of halogens is 1. The number of hydrogen-bond donors (Lipinski definition) is 0. The summed E-state index contributed by atoms with van der Waals surface area (Å²) in [5.41, 5.74) is 5.77. The molecule has 0 bridgehead atoms. The van der Waals surface area contributed by atoms with E-state index in [2.05, 4.69) is 72.6 Å².